The van der Waals surface area contributed by atoms with Gasteiger partial charge < -0.3 is 4.74 Å². The number of carbonyl (C=O) groups excluding carboxylic acids is 2. The lowest BCUT2D eigenvalue weighted by Gasteiger charge is -2.08. The van der Waals surface area contributed by atoms with Crippen LogP contribution in [0.5, 0.6) is 0 Å². The van der Waals surface area contributed by atoms with Gasteiger partial charge in [0.25, 0.3) is 0 Å². The number of esters is 1. The summed E-state index contributed by atoms with van der Waals surface area (Å²) >= 11 is 0. The molecule has 13 heavy (non-hydrogen) atoms. The number of hydrogen-bond acceptors (Lipinski definition) is 3. The fourth-order valence-electron chi connectivity index (χ4n) is 0.852. The molecule has 1 atom stereocenters. The van der Waals surface area contributed by atoms with E-state index in [1.807, 2.05) is 0 Å². The third-order valence-electron chi connectivity index (χ3n) is 1.67. The minimum Gasteiger partial charge on any atom is -0.461 e. The Hall–Kier alpha value is -1.12. The minimum atomic E-state index is -0.340. The second-order valence-electron chi connectivity index (χ2n) is 2.92. The van der Waals surface area contributed by atoms with Gasteiger partial charge in [-0.15, -0.1) is 0 Å². The van der Waals surface area contributed by atoms with Crippen LogP contribution in [0, 0.1) is 5.92 Å². The summed E-state index contributed by atoms with van der Waals surface area (Å²) in [6.07, 6.45) is 2.25. The van der Waals surface area contributed by atoms with Gasteiger partial charge in [-0.3, -0.25) is 9.59 Å². The van der Waals surface area contributed by atoms with Crippen LogP contribution in [0.4, 0.5) is 0 Å². The van der Waals surface area contributed by atoms with Gasteiger partial charge >= 0.3 is 5.97 Å². The molecule has 3 nitrogen and oxygen atoms in total. The van der Waals surface area contributed by atoms with Crippen molar-refractivity contribution in [1.29, 1.82) is 0 Å². The van der Waals surface area contributed by atoms with Crippen molar-refractivity contribution < 1.29 is 14.3 Å². The van der Waals surface area contributed by atoms with Crippen molar-refractivity contribution in [1.82, 2.24) is 0 Å². The Balaban J connectivity index is 3.81. The molecule has 3 heteroatoms. The first-order chi connectivity index (χ1) is 6.11. The second-order valence-corrected chi connectivity index (χ2v) is 2.92. The lowest BCUT2D eigenvalue weighted by Crippen LogP contribution is -2.17. The summed E-state index contributed by atoms with van der Waals surface area (Å²) < 4.78 is 4.79. The molecule has 0 N–H and O–H groups in total. The third-order valence-corrected chi connectivity index (χ3v) is 1.67. The van der Waals surface area contributed by atoms with E-state index in [1.165, 1.54) is 6.08 Å². The van der Waals surface area contributed by atoms with Gasteiger partial charge in [-0.25, -0.2) is 0 Å². The molecule has 0 aromatic heterocycles. The molecule has 0 aromatic rings. The first kappa shape index (κ1) is 11.9. The lowest BCUT2D eigenvalue weighted by atomic mass is 10.0. The summed E-state index contributed by atoms with van der Waals surface area (Å²) in [7, 11) is 0. The quantitative estimate of drug-likeness (QED) is 0.466. The Bertz CT molecular complexity index is 196. The molecule has 74 valence electrons. The first-order valence-electron chi connectivity index (χ1n) is 4.41. The molecule has 1 unspecified atom stereocenters. The average molecular weight is 184 g/mol. The van der Waals surface area contributed by atoms with Crippen molar-refractivity contribution in [2.45, 2.75) is 26.7 Å². The topological polar surface area (TPSA) is 43.4 Å². The summed E-state index contributed by atoms with van der Waals surface area (Å²) in [6.45, 7) is 7.11. The Kier molecular flexibility index (Phi) is 5.85. The van der Waals surface area contributed by atoms with Gasteiger partial charge in [0, 0.05) is 12.8 Å². The molecule has 0 bridgehead atoms. The Labute approximate surface area is 78.8 Å². The van der Waals surface area contributed by atoms with Gasteiger partial charge in [0.1, 0.15) is 12.4 Å². The maximum atomic E-state index is 11.1. The van der Waals surface area contributed by atoms with Gasteiger partial charge in [0.05, 0.1) is 5.92 Å². The van der Waals surface area contributed by atoms with E-state index in [0.717, 1.165) is 0 Å². The van der Waals surface area contributed by atoms with E-state index in [0.29, 0.717) is 6.42 Å². The van der Waals surface area contributed by atoms with E-state index < -0.39 is 0 Å². The smallest absolute Gasteiger partial charge is 0.309 e. The molecule has 0 aliphatic rings. The van der Waals surface area contributed by atoms with Gasteiger partial charge in [-0.1, -0.05) is 26.5 Å². The van der Waals surface area contributed by atoms with E-state index in [4.69, 9.17) is 4.74 Å². The first-order valence-corrected chi connectivity index (χ1v) is 4.41. The number of hydrogen-bond donors (Lipinski definition) is 0. The number of carbonyl (C=O) groups is 2. The van der Waals surface area contributed by atoms with Gasteiger partial charge in [-0.05, 0) is 0 Å². The van der Waals surface area contributed by atoms with E-state index in [9.17, 15) is 9.59 Å². The summed E-state index contributed by atoms with van der Waals surface area (Å²) in [6, 6.07) is 0. The van der Waals surface area contributed by atoms with Crippen LogP contribution in [0.25, 0.3) is 0 Å². The standard InChI is InChI=1S/C10H16O3/c1-4-6-13-10(12)8(3)7-9(11)5-2/h4,8H,1,5-7H2,2-3H3. The number of ketones is 1. The van der Waals surface area contributed by atoms with Gasteiger partial charge in [-0.2, -0.15) is 0 Å². The monoisotopic (exact) mass is 184 g/mol. The van der Waals surface area contributed by atoms with Crippen LogP contribution < -0.4 is 0 Å². The molecular weight excluding hydrogens is 168 g/mol. The summed E-state index contributed by atoms with van der Waals surface area (Å²) in [5.41, 5.74) is 0. The molecule has 0 amide bonds. The molecule has 0 aromatic carbocycles. The zero-order valence-corrected chi connectivity index (χ0v) is 8.21. The number of ether oxygens (including phenoxy) is 1. The molecule has 0 spiro atoms. The average Bonchev–Trinajstić information content (AvgIpc) is 2.13. The molecule has 0 aliphatic carbocycles. The molecule has 0 radical (unpaired) electrons. The Morgan fingerprint density at radius 1 is 1.54 bits per heavy atom. The molecule has 0 rings (SSSR count). The van der Waals surface area contributed by atoms with E-state index in [1.54, 1.807) is 13.8 Å². The fourth-order valence-corrected chi connectivity index (χ4v) is 0.852. The predicted octanol–water partition coefficient (Wildman–Crippen LogP) is 1.72. The fraction of sp³-hybridized carbons (Fsp3) is 0.600. The molecule has 0 heterocycles. The van der Waals surface area contributed by atoms with Crippen molar-refractivity contribution in [2.24, 2.45) is 5.92 Å². The minimum absolute atomic E-state index is 0.0862. The van der Waals surface area contributed by atoms with Crippen molar-refractivity contribution in [3.05, 3.63) is 12.7 Å². The largest absolute Gasteiger partial charge is 0.461 e. The van der Waals surface area contributed by atoms with E-state index in [-0.39, 0.29) is 30.7 Å². The highest BCUT2D eigenvalue weighted by Crippen LogP contribution is 2.06. The van der Waals surface area contributed by atoms with Crippen LogP contribution in [0.15, 0.2) is 12.7 Å². The van der Waals surface area contributed by atoms with Gasteiger partial charge in [0.15, 0.2) is 0 Å². The maximum Gasteiger partial charge on any atom is 0.309 e. The summed E-state index contributed by atoms with van der Waals surface area (Å²) in [5, 5.41) is 0. The number of Topliss-reactive ketones (excluding diaryl/α,β-unsaturated/α-hetero) is 1. The number of rotatable bonds is 6. The van der Waals surface area contributed by atoms with E-state index in [2.05, 4.69) is 6.58 Å². The lowest BCUT2D eigenvalue weighted by molar-refractivity contribution is -0.148. The van der Waals surface area contributed by atoms with Crippen LogP contribution in [0.1, 0.15) is 26.7 Å². The van der Waals surface area contributed by atoms with Crippen molar-refractivity contribution >= 4 is 11.8 Å². The normalized spacial score (nSPS) is 11.8. The maximum absolute atomic E-state index is 11.1. The Morgan fingerprint density at radius 3 is 2.62 bits per heavy atom. The summed E-state index contributed by atoms with van der Waals surface area (Å²) in [4.78, 5) is 22.1. The van der Waals surface area contributed by atoms with Crippen LogP contribution in [0.2, 0.25) is 0 Å². The van der Waals surface area contributed by atoms with Crippen LogP contribution >= 0.6 is 0 Å². The van der Waals surface area contributed by atoms with Gasteiger partial charge in [0.2, 0.25) is 0 Å². The highest BCUT2D eigenvalue weighted by Gasteiger charge is 2.16. The van der Waals surface area contributed by atoms with Crippen LogP contribution in [-0.2, 0) is 14.3 Å². The zero-order valence-electron chi connectivity index (χ0n) is 8.21. The van der Waals surface area contributed by atoms with Crippen molar-refractivity contribution in [3.63, 3.8) is 0 Å². The molecule has 0 saturated carbocycles. The molecular formula is C10H16O3. The van der Waals surface area contributed by atoms with Crippen LogP contribution in [-0.4, -0.2) is 18.4 Å². The molecule has 0 fully saturated rings. The van der Waals surface area contributed by atoms with E-state index >= 15 is 0 Å². The van der Waals surface area contributed by atoms with Crippen molar-refractivity contribution in [2.75, 3.05) is 6.61 Å². The zero-order chi connectivity index (χ0) is 10.3. The highest BCUT2D eigenvalue weighted by molar-refractivity contribution is 5.84. The molecule has 0 aliphatic heterocycles. The van der Waals surface area contributed by atoms with Crippen LogP contribution in [0.3, 0.4) is 0 Å². The second kappa shape index (κ2) is 6.40. The summed E-state index contributed by atoms with van der Waals surface area (Å²) in [5.74, 6) is -0.586. The Morgan fingerprint density at radius 2 is 2.15 bits per heavy atom. The molecule has 0 saturated heterocycles. The highest BCUT2D eigenvalue weighted by atomic mass is 16.5. The van der Waals surface area contributed by atoms with Crippen molar-refractivity contribution in [3.8, 4) is 0 Å². The third kappa shape index (κ3) is 5.17. The predicted molar refractivity (Wildman–Crippen MR) is 50.2 cm³/mol. The SMILES string of the molecule is C=CCOC(=O)C(C)CC(=O)CC.